The summed E-state index contributed by atoms with van der Waals surface area (Å²) in [5, 5.41) is 10.2. The van der Waals surface area contributed by atoms with E-state index >= 15 is 0 Å². The van der Waals surface area contributed by atoms with Crippen LogP contribution in [0, 0.1) is 0 Å². The zero-order valence-electron chi connectivity index (χ0n) is 9.99. The number of ether oxygens (including phenoxy) is 1. The number of hydrogen-bond acceptors (Lipinski definition) is 5. The van der Waals surface area contributed by atoms with Gasteiger partial charge in [-0.15, -0.1) is 10.2 Å². The summed E-state index contributed by atoms with van der Waals surface area (Å²) in [7, 11) is 0. The second-order valence-corrected chi connectivity index (χ2v) is 4.35. The molecule has 2 rings (SSSR count). The number of carbonyl (C=O) groups is 1. The molecule has 0 atom stereocenters. The second-order valence-electron chi connectivity index (χ2n) is 3.51. The van der Waals surface area contributed by atoms with Crippen LogP contribution in [0.15, 0.2) is 35.9 Å². The Kier molecular flexibility index (Phi) is 4.72. The highest BCUT2D eigenvalue weighted by molar-refractivity contribution is 7.13. The summed E-state index contributed by atoms with van der Waals surface area (Å²) in [5.41, 5.74) is 2.18. The minimum Gasteiger partial charge on any atom is -0.435 e. The number of amides is 1. The Labute approximate surface area is 116 Å². The molecule has 1 N–H and O–H groups in total. The lowest BCUT2D eigenvalue weighted by atomic mass is 10.2. The number of nitrogens with zero attached hydrogens (tertiary/aromatic N) is 2. The van der Waals surface area contributed by atoms with Gasteiger partial charge in [0.05, 0.1) is 0 Å². The average Bonchev–Trinajstić information content (AvgIpc) is 2.90. The third kappa shape index (κ3) is 4.39. The van der Waals surface area contributed by atoms with E-state index in [0.29, 0.717) is 10.7 Å². The van der Waals surface area contributed by atoms with Crippen molar-refractivity contribution in [2.45, 2.75) is 6.61 Å². The van der Waals surface area contributed by atoms with E-state index in [-0.39, 0.29) is 11.7 Å². The summed E-state index contributed by atoms with van der Waals surface area (Å²) in [6.07, 6.45) is 2.85. The van der Waals surface area contributed by atoms with Crippen LogP contribution >= 0.6 is 11.3 Å². The smallest absolute Gasteiger partial charge is 0.387 e. The van der Waals surface area contributed by atoms with Crippen molar-refractivity contribution in [2.24, 2.45) is 0 Å². The molecule has 1 amide bonds. The topological polar surface area (TPSA) is 64.1 Å². The molecule has 0 aliphatic rings. The van der Waals surface area contributed by atoms with Gasteiger partial charge in [-0.1, -0.05) is 23.5 Å². The predicted octanol–water partition coefficient (Wildman–Crippen LogP) is 2.79. The van der Waals surface area contributed by atoms with Gasteiger partial charge in [0.25, 0.3) is 0 Å². The first-order valence-corrected chi connectivity index (χ1v) is 6.31. The van der Waals surface area contributed by atoms with Crippen LogP contribution in [0.3, 0.4) is 0 Å². The highest BCUT2D eigenvalue weighted by Crippen LogP contribution is 2.15. The fourth-order valence-electron chi connectivity index (χ4n) is 1.31. The standard InChI is InChI=1S/C12H9F2N3O2S/c13-11(14)19-9-4-1-8(2-5-9)3-6-10(18)16-12-17-15-7-20-12/h1-7,11H,(H,16,17,18)/b6-3+. The van der Waals surface area contributed by atoms with Crippen molar-refractivity contribution in [1.29, 1.82) is 0 Å². The molecule has 0 saturated heterocycles. The minimum absolute atomic E-state index is 0.0652. The van der Waals surface area contributed by atoms with E-state index in [1.165, 1.54) is 35.1 Å². The first-order valence-electron chi connectivity index (χ1n) is 5.43. The average molecular weight is 297 g/mol. The van der Waals surface area contributed by atoms with Crippen LogP contribution in [0.2, 0.25) is 0 Å². The molecule has 104 valence electrons. The van der Waals surface area contributed by atoms with Crippen LogP contribution in [0.1, 0.15) is 5.56 Å². The van der Waals surface area contributed by atoms with E-state index in [1.54, 1.807) is 18.2 Å². The number of halogens is 2. The monoisotopic (exact) mass is 297 g/mol. The Hall–Kier alpha value is -2.35. The Morgan fingerprint density at radius 3 is 2.70 bits per heavy atom. The van der Waals surface area contributed by atoms with Crippen LogP contribution < -0.4 is 10.1 Å². The second kappa shape index (κ2) is 6.71. The van der Waals surface area contributed by atoms with Crippen LogP contribution in [0.5, 0.6) is 5.75 Å². The highest BCUT2D eigenvalue weighted by atomic mass is 32.1. The molecule has 0 aliphatic heterocycles. The molecule has 1 heterocycles. The van der Waals surface area contributed by atoms with Gasteiger partial charge in [-0.3, -0.25) is 10.1 Å². The largest absolute Gasteiger partial charge is 0.435 e. The van der Waals surface area contributed by atoms with E-state index in [2.05, 4.69) is 20.3 Å². The maximum Gasteiger partial charge on any atom is 0.387 e. The van der Waals surface area contributed by atoms with Gasteiger partial charge in [-0.25, -0.2) is 0 Å². The summed E-state index contributed by atoms with van der Waals surface area (Å²) >= 11 is 1.20. The highest BCUT2D eigenvalue weighted by Gasteiger charge is 2.03. The van der Waals surface area contributed by atoms with Crippen molar-refractivity contribution in [2.75, 3.05) is 5.32 Å². The molecule has 2 aromatic rings. The fraction of sp³-hybridized carbons (Fsp3) is 0.0833. The Morgan fingerprint density at radius 2 is 2.10 bits per heavy atom. The molecule has 0 spiro atoms. The Balaban J connectivity index is 1.92. The molecule has 0 fully saturated rings. The minimum atomic E-state index is -2.85. The van der Waals surface area contributed by atoms with Crippen LogP contribution in [-0.4, -0.2) is 22.7 Å². The molecule has 0 bridgehead atoms. The SMILES string of the molecule is O=C(/C=C/c1ccc(OC(F)F)cc1)Nc1nncs1. The van der Waals surface area contributed by atoms with Crippen LogP contribution in [0.4, 0.5) is 13.9 Å². The summed E-state index contributed by atoms with van der Waals surface area (Å²) < 4.78 is 28.1. The van der Waals surface area contributed by atoms with E-state index in [4.69, 9.17) is 0 Å². The number of aromatic nitrogens is 2. The maximum absolute atomic E-state index is 12.0. The van der Waals surface area contributed by atoms with Gasteiger partial charge in [-0.2, -0.15) is 8.78 Å². The summed E-state index contributed by atoms with van der Waals surface area (Å²) in [5.74, 6) is -0.287. The quantitative estimate of drug-likeness (QED) is 0.862. The third-order valence-corrected chi connectivity index (χ3v) is 2.73. The Bertz CT molecular complexity index is 585. The molecule has 8 heteroatoms. The van der Waals surface area contributed by atoms with Gasteiger partial charge in [0, 0.05) is 6.08 Å². The van der Waals surface area contributed by atoms with Crippen molar-refractivity contribution in [1.82, 2.24) is 10.2 Å². The molecule has 0 radical (unpaired) electrons. The van der Waals surface area contributed by atoms with Crippen molar-refractivity contribution in [3.8, 4) is 5.75 Å². The number of hydrogen-bond donors (Lipinski definition) is 1. The number of alkyl halides is 2. The number of benzene rings is 1. The molecule has 0 saturated carbocycles. The molecule has 20 heavy (non-hydrogen) atoms. The normalized spacial score (nSPS) is 10.9. The van der Waals surface area contributed by atoms with Crippen molar-refractivity contribution >= 4 is 28.5 Å². The van der Waals surface area contributed by atoms with Gasteiger partial charge in [-0.05, 0) is 23.8 Å². The molecule has 0 aliphatic carbocycles. The number of anilines is 1. The van der Waals surface area contributed by atoms with Crippen molar-refractivity contribution in [3.63, 3.8) is 0 Å². The van der Waals surface area contributed by atoms with Gasteiger partial charge < -0.3 is 4.74 Å². The number of rotatable bonds is 5. The van der Waals surface area contributed by atoms with E-state index < -0.39 is 6.61 Å². The fourth-order valence-corrected chi connectivity index (χ4v) is 1.75. The zero-order chi connectivity index (χ0) is 14.4. The number of nitrogens with one attached hydrogen (secondary N) is 1. The van der Waals surface area contributed by atoms with Gasteiger partial charge in [0.1, 0.15) is 11.3 Å². The molecular formula is C12H9F2N3O2S. The van der Waals surface area contributed by atoms with Gasteiger partial charge >= 0.3 is 6.61 Å². The van der Waals surface area contributed by atoms with Crippen molar-refractivity contribution < 1.29 is 18.3 Å². The van der Waals surface area contributed by atoms with Crippen LogP contribution in [0.25, 0.3) is 6.08 Å². The predicted molar refractivity (Wildman–Crippen MR) is 70.6 cm³/mol. The summed E-state index contributed by atoms with van der Waals surface area (Å²) in [4.78, 5) is 11.5. The zero-order valence-corrected chi connectivity index (χ0v) is 10.8. The van der Waals surface area contributed by atoms with E-state index in [0.717, 1.165) is 0 Å². The van der Waals surface area contributed by atoms with Crippen molar-refractivity contribution in [3.05, 3.63) is 41.4 Å². The van der Waals surface area contributed by atoms with Gasteiger partial charge in [0.15, 0.2) is 0 Å². The third-order valence-electron chi connectivity index (χ3n) is 2.12. The first kappa shape index (κ1) is 14.1. The lowest BCUT2D eigenvalue weighted by Gasteiger charge is -2.03. The molecule has 1 aromatic carbocycles. The number of carbonyl (C=O) groups excluding carboxylic acids is 1. The molecule has 5 nitrogen and oxygen atoms in total. The first-order chi connectivity index (χ1) is 9.63. The summed E-state index contributed by atoms with van der Waals surface area (Å²) in [6.45, 7) is -2.85. The van der Waals surface area contributed by atoms with Crippen LogP contribution in [-0.2, 0) is 4.79 Å². The summed E-state index contributed by atoms with van der Waals surface area (Å²) in [6, 6.07) is 5.92. The Morgan fingerprint density at radius 1 is 1.35 bits per heavy atom. The molecule has 0 unspecified atom stereocenters. The molecular weight excluding hydrogens is 288 g/mol. The lowest BCUT2D eigenvalue weighted by molar-refractivity contribution is -0.111. The van der Waals surface area contributed by atoms with E-state index in [9.17, 15) is 13.6 Å². The molecule has 1 aromatic heterocycles. The van der Waals surface area contributed by atoms with E-state index in [1.807, 2.05) is 0 Å². The van der Waals surface area contributed by atoms with Gasteiger partial charge in [0.2, 0.25) is 11.0 Å². The lowest BCUT2D eigenvalue weighted by Crippen LogP contribution is -2.07. The maximum atomic E-state index is 12.0.